The largest absolute Gasteiger partial charge is 0.475 e. The van der Waals surface area contributed by atoms with Crippen LogP contribution in [0.5, 0.6) is 0 Å². The lowest BCUT2D eigenvalue weighted by Gasteiger charge is -1.93. The van der Waals surface area contributed by atoms with Gasteiger partial charge in [0, 0.05) is 11.8 Å². The molecule has 0 aliphatic heterocycles. The number of hydrogen-bond acceptors (Lipinski definition) is 3. The van der Waals surface area contributed by atoms with Crippen LogP contribution in [0.25, 0.3) is 0 Å². The lowest BCUT2D eigenvalue weighted by molar-refractivity contribution is -0.150. The summed E-state index contributed by atoms with van der Waals surface area (Å²) < 4.78 is 0. The summed E-state index contributed by atoms with van der Waals surface area (Å²) in [5, 5.41) is 8.00. The predicted octanol–water partition coefficient (Wildman–Crippen LogP) is 1.14. The Morgan fingerprint density at radius 1 is 1.15 bits per heavy atom. The third kappa shape index (κ3) is 10.8. The Kier molecular flexibility index (Phi) is 8.23. The van der Waals surface area contributed by atoms with Crippen LogP contribution in [-0.4, -0.2) is 23.1 Å². The number of aldehydes is 1. The van der Waals surface area contributed by atoms with E-state index in [9.17, 15) is 14.4 Å². The normalized spacial score (nSPS) is 9.08. The molecule has 0 aromatic heterocycles. The van der Waals surface area contributed by atoms with Crippen LogP contribution in [0.3, 0.4) is 0 Å². The molecule has 0 bridgehead atoms. The summed E-state index contributed by atoms with van der Waals surface area (Å²) in [5.41, 5.74) is 0. The minimum Gasteiger partial charge on any atom is -0.475 e. The minimum atomic E-state index is -1.35. The number of carboxylic acids is 1. The first-order valence-corrected chi connectivity index (χ1v) is 4.05. The van der Waals surface area contributed by atoms with E-state index >= 15 is 0 Å². The number of carboxylic acid groups (broad SMARTS) is 1. The number of ketones is 1. The van der Waals surface area contributed by atoms with Gasteiger partial charge in [0.05, 0.1) is 0 Å². The van der Waals surface area contributed by atoms with Gasteiger partial charge in [-0.05, 0) is 0 Å². The Hall–Kier alpha value is -1.19. The van der Waals surface area contributed by atoms with E-state index in [1.54, 1.807) is 13.8 Å². The molecule has 0 unspecified atom stereocenters. The Balaban J connectivity index is 0. The Bertz CT molecular complexity index is 182. The second-order valence-electron chi connectivity index (χ2n) is 3.20. The molecule has 0 aliphatic rings. The molecule has 0 aromatic carbocycles. The molecule has 0 aromatic rings. The van der Waals surface area contributed by atoms with Gasteiger partial charge in [0.2, 0.25) is 5.78 Å². The molecule has 4 nitrogen and oxygen atoms in total. The molecule has 0 rings (SSSR count). The summed E-state index contributed by atoms with van der Waals surface area (Å²) in [4.78, 5) is 29.5. The van der Waals surface area contributed by atoms with Gasteiger partial charge in [-0.3, -0.25) is 4.79 Å². The summed E-state index contributed by atoms with van der Waals surface area (Å²) >= 11 is 0. The van der Waals surface area contributed by atoms with E-state index in [-0.39, 0.29) is 5.92 Å². The van der Waals surface area contributed by atoms with Crippen LogP contribution in [0.4, 0.5) is 0 Å². The van der Waals surface area contributed by atoms with Gasteiger partial charge in [-0.1, -0.05) is 27.7 Å². The van der Waals surface area contributed by atoms with E-state index in [1.165, 1.54) is 0 Å². The van der Waals surface area contributed by atoms with Crippen molar-refractivity contribution in [2.24, 2.45) is 11.8 Å². The van der Waals surface area contributed by atoms with Gasteiger partial charge in [-0.2, -0.15) is 0 Å². The van der Waals surface area contributed by atoms with E-state index in [2.05, 4.69) is 0 Å². The zero-order chi connectivity index (χ0) is 11.0. The fourth-order valence-corrected chi connectivity index (χ4v) is 0.247. The Morgan fingerprint density at radius 2 is 1.46 bits per heavy atom. The molecule has 1 N–H and O–H groups in total. The smallest absolute Gasteiger partial charge is 0.372 e. The van der Waals surface area contributed by atoms with Crippen LogP contribution >= 0.6 is 0 Å². The zero-order valence-electron chi connectivity index (χ0n) is 8.40. The van der Waals surface area contributed by atoms with Gasteiger partial charge in [-0.15, -0.1) is 0 Å². The summed E-state index contributed by atoms with van der Waals surface area (Å²) in [7, 11) is 0. The van der Waals surface area contributed by atoms with Gasteiger partial charge in [0.25, 0.3) is 0 Å². The highest BCUT2D eigenvalue weighted by Crippen LogP contribution is 1.92. The van der Waals surface area contributed by atoms with Crippen molar-refractivity contribution in [3.05, 3.63) is 0 Å². The molecular weight excluding hydrogens is 172 g/mol. The number of carbonyl (C=O) groups excluding carboxylic acids is 2. The molecule has 0 fully saturated rings. The second-order valence-corrected chi connectivity index (χ2v) is 3.20. The molecule has 0 aliphatic carbocycles. The van der Waals surface area contributed by atoms with Crippen molar-refractivity contribution in [2.75, 3.05) is 0 Å². The third-order valence-electron chi connectivity index (χ3n) is 1.01. The first-order valence-electron chi connectivity index (χ1n) is 4.05. The lowest BCUT2D eigenvalue weighted by Crippen LogP contribution is -2.18. The van der Waals surface area contributed by atoms with Crippen LogP contribution < -0.4 is 0 Å². The molecule has 0 amide bonds. The van der Waals surface area contributed by atoms with E-state index in [0.717, 1.165) is 6.29 Å². The quantitative estimate of drug-likeness (QED) is 0.532. The third-order valence-corrected chi connectivity index (χ3v) is 1.01. The first-order chi connectivity index (χ1) is 5.82. The van der Waals surface area contributed by atoms with E-state index < -0.39 is 17.7 Å². The summed E-state index contributed by atoms with van der Waals surface area (Å²) in [6.07, 6.45) is 0.917. The molecule has 0 atom stereocenters. The molecule has 13 heavy (non-hydrogen) atoms. The highest BCUT2D eigenvalue weighted by atomic mass is 16.4. The van der Waals surface area contributed by atoms with Crippen LogP contribution in [0.1, 0.15) is 27.7 Å². The Labute approximate surface area is 77.9 Å². The van der Waals surface area contributed by atoms with Crippen molar-refractivity contribution in [1.29, 1.82) is 0 Å². The van der Waals surface area contributed by atoms with Crippen LogP contribution in [0.2, 0.25) is 0 Å². The van der Waals surface area contributed by atoms with E-state index in [4.69, 9.17) is 5.11 Å². The highest BCUT2D eigenvalue weighted by molar-refractivity contribution is 6.33. The SMILES string of the molecule is CC(C)C(=O)C(=O)O.CC(C)C=O. The molecule has 0 heterocycles. The van der Waals surface area contributed by atoms with Gasteiger partial charge in [0.15, 0.2) is 0 Å². The number of aliphatic carboxylic acids is 1. The van der Waals surface area contributed by atoms with Crippen LogP contribution in [0, 0.1) is 11.8 Å². The molecular formula is C9H16O4. The summed E-state index contributed by atoms with van der Waals surface area (Å²) in [5.74, 6) is -2.27. The molecule has 0 saturated heterocycles. The fraction of sp³-hybridized carbons (Fsp3) is 0.667. The van der Waals surface area contributed by atoms with Crippen LogP contribution in [0.15, 0.2) is 0 Å². The average molecular weight is 188 g/mol. The average Bonchev–Trinajstić information content (AvgIpc) is 2.03. The maximum absolute atomic E-state index is 10.2. The van der Waals surface area contributed by atoms with Gasteiger partial charge in [-0.25, -0.2) is 4.79 Å². The number of carbonyl (C=O) groups is 3. The van der Waals surface area contributed by atoms with Crippen molar-refractivity contribution in [2.45, 2.75) is 27.7 Å². The molecule has 0 saturated carbocycles. The van der Waals surface area contributed by atoms with Crippen molar-refractivity contribution >= 4 is 18.0 Å². The lowest BCUT2D eigenvalue weighted by atomic mass is 10.1. The first kappa shape index (κ1) is 14.3. The van der Waals surface area contributed by atoms with Gasteiger partial charge >= 0.3 is 5.97 Å². The number of hydrogen-bond donors (Lipinski definition) is 1. The van der Waals surface area contributed by atoms with Gasteiger partial charge in [0.1, 0.15) is 6.29 Å². The standard InChI is InChI=1S/C5H8O3.C4H8O/c1-3(2)4(6)5(7)8;1-4(2)3-5/h3H,1-2H3,(H,7,8);3-4H,1-2H3. The van der Waals surface area contributed by atoms with Crippen molar-refractivity contribution < 1.29 is 19.5 Å². The fourth-order valence-electron chi connectivity index (χ4n) is 0.247. The number of rotatable bonds is 3. The van der Waals surface area contributed by atoms with E-state index in [1.807, 2.05) is 13.8 Å². The van der Waals surface area contributed by atoms with Gasteiger partial charge < -0.3 is 9.90 Å². The second kappa shape index (κ2) is 7.46. The monoisotopic (exact) mass is 188 g/mol. The summed E-state index contributed by atoms with van der Waals surface area (Å²) in [6.45, 7) is 6.81. The topological polar surface area (TPSA) is 71.4 Å². The Morgan fingerprint density at radius 3 is 1.46 bits per heavy atom. The van der Waals surface area contributed by atoms with E-state index in [0.29, 0.717) is 0 Å². The summed E-state index contributed by atoms with van der Waals surface area (Å²) in [6, 6.07) is 0. The molecule has 76 valence electrons. The molecule has 0 radical (unpaired) electrons. The number of Topliss-reactive ketones (excluding diaryl/α,β-unsaturated/α-hetero) is 1. The van der Waals surface area contributed by atoms with Crippen molar-refractivity contribution in [1.82, 2.24) is 0 Å². The van der Waals surface area contributed by atoms with Crippen molar-refractivity contribution in [3.8, 4) is 0 Å². The minimum absolute atomic E-state index is 0.204. The maximum Gasteiger partial charge on any atom is 0.372 e. The zero-order valence-corrected chi connectivity index (χ0v) is 8.40. The van der Waals surface area contributed by atoms with Crippen LogP contribution in [-0.2, 0) is 14.4 Å². The predicted molar refractivity (Wildman–Crippen MR) is 48.4 cm³/mol. The molecule has 0 spiro atoms. The highest BCUT2D eigenvalue weighted by Gasteiger charge is 2.14. The maximum atomic E-state index is 10.2. The van der Waals surface area contributed by atoms with Crippen molar-refractivity contribution in [3.63, 3.8) is 0 Å². The molecule has 4 heteroatoms.